The van der Waals surface area contributed by atoms with Gasteiger partial charge >= 0.3 is 0 Å². The molecular weight excluding hydrogens is 154 g/mol. The topological polar surface area (TPSA) is 29.5 Å². The van der Waals surface area contributed by atoms with Crippen LogP contribution in [-0.4, -0.2) is 37.1 Å². The third-order valence-electron chi connectivity index (χ3n) is 2.63. The van der Waals surface area contributed by atoms with E-state index < -0.39 is 0 Å². The van der Waals surface area contributed by atoms with Crippen molar-refractivity contribution in [3.05, 3.63) is 0 Å². The summed E-state index contributed by atoms with van der Waals surface area (Å²) in [6.07, 6.45) is 3.08. The van der Waals surface area contributed by atoms with Crippen molar-refractivity contribution in [3.63, 3.8) is 0 Å². The van der Waals surface area contributed by atoms with E-state index in [1.165, 1.54) is 12.8 Å². The molecule has 0 aromatic carbocycles. The van der Waals surface area contributed by atoms with Crippen LogP contribution >= 0.6 is 0 Å². The minimum absolute atomic E-state index is 0.334. The molecule has 0 N–H and O–H groups in total. The fourth-order valence-electron chi connectivity index (χ4n) is 1.74. The Hall–Kier alpha value is -0.570. The molecule has 2 saturated heterocycles. The number of carbonyl (C=O) groups is 1. The number of carbonyl (C=O) groups excluding carboxylic acids is 1. The highest BCUT2D eigenvalue weighted by molar-refractivity contribution is 5.76. The van der Waals surface area contributed by atoms with Gasteiger partial charge in [0.15, 0.2) is 0 Å². The van der Waals surface area contributed by atoms with E-state index in [0.717, 1.165) is 26.3 Å². The van der Waals surface area contributed by atoms with Crippen LogP contribution < -0.4 is 0 Å². The van der Waals surface area contributed by atoms with Gasteiger partial charge in [0.25, 0.3) is 0 Å². The lowest BCUT2D eigenvalue weighted by molar-refractivity contribution is -0.135. The van der Waals surface area contributed by atoms with Crippen molar-refractivity contribution < 1.29 is 9.53 Å². The summed E-state index contributed by atoms with van der Waals surface area (Å²) in [6, 6.07) is 0. The van der Waals surface area contributed by atoms with Crippen LogP contribution in [0.5, 0.6) is 0 Å². The highest BCUT2D eigenvalue weighted by Crippen LogP contribution is 2.17. The van der Waals surface area contributed by atoms with Gasteiger partial charge < -0.3 is 9.64 Å². The Bertz CT molecular complexity index is 171. The standard InChI is InChI=1S/C9H15NO2/c11-9(5-8-6-12-7-8)10-3-1-2-4-10/h8H,1-7H2. The molecule has 0 radical (unpaired) electrons. The van der Waals surface area contributed by atoms with E-state index in [2.05, 4.69) is 0 Å². The zero-order chi connectivity index (χ0) is 8.39. The average molecular weight is 169 g/mol. The maximum atomic E-state index is 11.5. The zero-order valence-electron chi connectivity index (χ0n) is 7.29. The third kappa shape index (κ3) is 1.61. The molecule has 2 fully saturated rings. The molecule has 0 aliphatic carbocycles. The first-order valence-electron chi connectivity index (χ1n) is 4.72. The van der Waals surface area contributed by atoms with Crippen LogP contribution in [0.4, 0.5) is 0 Å². The Morgan fingerprint density at radius 2 is 2.00 bits per heavy atom. The van der Waals surface area contributed by atoms with E-state index >= 15 is 0 Å². The van der Waals surface area contributed by atoms with Crippen LogP contribution in [0.15, 0.2) is 0 Å². The van der Waals surface area contributed by atoms with Crippen molar-refractivity contribution in [2.45, 2.75) is 19.3 Å². The molecule has 2 heterocycles. The Morgan fingerprint density at radius 3 is 2.50 bits per heavy atom. The first-order chi connectivity index (χ1) is 5.86. The third-order valence-corrected chi connectivity index (χ3v) is 2.63. The predicted molar refractivity (Wildman–Crippen MR) is 44.7 cm³/mol. The summed E-state index contributed by atoms with van der Waals surface area (Å²) in [5.74, 6) is 0.846. The maximum absolute atomic E-state index is 11.5. The number of amides is 1. The van der Waals surface area contributed by atoms with Crippen molar-refractivity contribution in [2.24, 2.45) is 5.92 Å². The normalized spacial score (nSPS) is 24.2. The molecule has 68 valence electrons. The molecule has 3 nitrogen and oxygen atoms in total. The lowest BCUT2D eigenvalue weighted by Crippen LogP contribution is -2.35. The van der Waals surface area contributed by atoms with Crippen molar-refractivity contribution in [2.75, 3.05) is 26.3 Å². The van der Waals surface area contributed by atoms with Gasteiger partial charge in [-0.2, -0.15) is 0 Å². The smallest absolute Gasteiger partial charge is 0.223 e. The van der Waals surface area contributed by atoms with Gasteiger partial charge in [-0.25, -0.2) is 0 Å². The zero-order valence-corrected chi connectivity index (χ0v) is 7.29. The summed E-state index contributed by atoms with van der Waals surface area (Å²) < 4.78 is 5.03. The van der Waals surface area contributed by atoms with Gasteiger partial charge in [0.2, 0.25) is 5.91 Å². The molecular formula is C9H15NO2. The second-order valence-corrected chi connectivity index (χ2v) is 3.70. The minimum Gasteiger partial charge on any atom is -0.381 e. The van der Waals surface area contributed by atoms with Crippen LogP contribution in [0, 0.1) is 5.92 Å². The second kappa shape index (κ2) is 3.44. The molecule has 2 aliphatic heterocycles. The highest BCUT2D eigenvalue weighted by Gasteiger charge is 2.25. The Balaban J connectivity index is 1.74. The SMILES string of the molecule is O=C(CC1COC1)N1CCCC1. The summed E-state index contributed by atoms with van der Waals surface area (Å²) >= 11 is 0. The molecule has 0 spiro atoms. The number of likely N-dealkylation sites (tertiary alicyclic amines) is 1. The number of nitrogens with zero attached hydrogens (tertiary/aromatic N) is 1. The molecule has 0 bridgehead atoms. The molecule has 0 saturated carbocycles. The summed E-state index contributed by atoms with van der Waals surface area (Å²) in [5, 5.41) is 0. The lowest BCUT2D eigenvalue weighted by Gasteiger charge is -2.27. The summed E-state index contributed by atoms with van der Waals surface area (Å²) in [4.78, 5) is 13.5. The molecule has 0 unspecified atom stereocenters. The van der Waals surface area contributed by atoms with E-state index in [4.69, 9.17) is 4.74 Å². The van der Waals surface area contributed by atoms with Crippen molar-refractivity contribution in [1.29, 1.82) is 0 Å². The maximum Gasteiger partial charge on any atom is 0.223 e. The van der Waals surface area contributed by atoms with Gasteiger partial charge in [0.05, 0.1) is 13.2 Å². The van der Waals surface area contributed by atoms with E-state index in [9.17, 15) is 4.79 Å². The highest BCUT2D eigenvalue weighted by atomic mass is 16.5. The van der Waals surface area contributed by atoms with Gasteiger partial charge in [0.1, 0.15) is 0 Å². The summed E-state index contributed by atoms with van der Waals surface area (Å²) in [7, 11) is 0. The van der Waals surface area contributed by atoms with E-state index in [-0.39, 0.29) is 0 Å². The number of hydrogen-bond acceptors (Lipinski definition) is 2. The van der Waals surface area contributed by atoms with Crippen molar-refractivity contribution >= 4 is 5.91 Å². The summed E-state index contributed by atoms with van der Waals surface area (Å²) in [5.41, 5.74) is 0. The second-order valence-electron chi connectivity index (χ2n) is 3.70. The average Bonchev–Trinajstić information content (AvgIpc) is 2.47. The van der Waals surface area contributed by atoms with Crippen LogP contribution in [-0.2, 0) is 9.53 Å². The Kier molecular flexibility index (Phi) is 2.30. The molecule has 12 heavy (non-hydrogen) atoms. The largest absolute Gasteiger partial charge is 0.381 e. The molecule has 0 aromatic heterocycles. The van der Waals surface area contributed by atoms with E-state index in [1.54, 1.807) is 0 Å². The number of ether oxygens (including phenoxy) is 1. The number of rotatable bonds is 2. The van der Waals surface area contributed by atoms with Gasteiger partial charge in [-0.1, -0.05) is 0 Å². The first kappa shape index (κ1) is 8.05. The monoisotopic (exact) mass is 169 g/mol. The van der Waals surface area contributed by atoms with Crippen LogP contribution in [0.2, 0.25) is 0 Å². The molecule has 1 amide bonds. The van der Waals surface area contributed by atoms with Gasteiger partial charge in [-0.05, 0) is 12.8 Å². The van der Waals surface area contributed by atoms with Crippen LogP contribution in [0.3, 0.4) is 0 Å². The van der Waals surface area contributed by atoms with Crippen molar-refractivity contribution in [1.82, 2.24) is 4.90 Å². The molecule has 2 rings (SSSR count). The summed E-state index contributed by atoms with van der Waals surface area (Å²) in [6.45, 7) is 3.54. The lowest BCUT2D eigenvalue weighted by atomic mass is 10.0. The predicted octanol–water partition coefficient (Wildman–Crippen LogP) is 0.645. The molecule has 3 heteroatoms. The number of hydrogen-bond donors (Lipinski definition) is 0. The van der Waals surface area contributed by atoms with Gasteiger partial charge in [-0.3, -0.25) is 4.79 Å². The fourth-order valence-corrected chi connectivity index (χ4v) is 1.74. The molecule has 0 atom stereocenters. The fraction of sp³-hybridized carbons (Fsp3) is 0.889. The quantitative estimate of drug-likeness (QED) is 0.607. The van der Waals surface area contributed by atoms with E-state index in [0.29, 0.717) is 18.2 Å². The van der Waals surface area contributed by atoms with Gasteiger partial charge in [0, 0.05) is 25.4 Å². The first-order valence-corrected chi connectivity index (χ1v) is 4.72. The van der Waals surface area contributed by atoms with E-state index in [1.807, 2.05) is 4.90 Å². The van der Waals surface area contributed by atoms with Gasteiger partial charge in [-0.15, -0.1) is 0 Å². The molecule has 2 aliphatic rings. The minimum atomic E-state index is 0.334. The van der Waals surface area contributed by atoms with Crippen molar-refractivity contribution in [3.8, 4) is 0 Å². The van der Waals surface area contributed by atoms with Crippen LogP contribution in [0.25, 0.3) is 0 Å². The molecule has 0 aromatic rings. The van der Waals surface area contributed by atoms with Crippen LogP contribution in [0.1, 0.15) is 19.3 Å². The Labute approximate surface area is 72.7 Å². The Morgan fingerprint density at radius 1 is 1.33 bits per heavy atom.